The molecule has 15 heavy (non-hydrogen) atoms. The first-order chi connectivity index (χ1) is 7.24. The van der Waals surface area contributed by atoms with Crippen LogP contribution >= 0.6 is 27.3 Å². The monoisotopic (exact) mass is 286 g/mol. The van der Waals surface area contributed by atoms with E-state index in [4.69, 9.17) is 0 Å². The highest BCUT2D eigenvalue weighted by molar-refractivity contribution is 9.11. The Labute approximate surface area is 103 Å². The van der Waals surface area contributed by atoms with Crippen molar-refractivity contribution < 1.29 is 4.79 Å². The van der Waals surface area contributed by atoms with Crippen LogP contribution in [0.25, 0.3) is 0 Å². The number of Topliss-reactive ketones (excluding diaryl/α,β-unsaturated/α-hetero) is 1. The Hall–Kier alpha value is -0.410. The lowest BCUT2D eigenvalue weighted by Crippen LogP contribution is -1.96. The summed E-state index contributed by atoms with van der Waals surface area (Å²) < 4.78 is 1.03. The highest BCUT2D eigenvalue weighted by atomic mass is 79.9. The molecule has 0 saturated heterocycles. The molecule has 0 amide bonds. The average Bonchev–Trinajstić information content (AvgIpc) is 2.64. The zero-order valence-electron chi connectivity index (χ0n) is 8.67. The Morgan fingerprint density at radius 1 is 1.47 bits per heavy atom. The standard InChI is InChI=1S/C12H15BrOS/c1-2-3-4-5-6-7-11(14)10-8-12(13)15-9-10/h2,8-9H,1,3-7H2. The van der Waals surface area contributed by atoms with Crippen molar-refractivity contribution in [3.05, 3.63) is 33.5 Å². The Kier molecular flexibility index (Phi) is 5.88. The van der Waals surface area contributed by atoms with Gasteiger partial charge in [-0.25, -0.2) is 0 Å². The summed E-state index contributed by atoms with van der Waals surface area (Å²) in [6.45, 7) is 3.67. The van der Waals surface area contributed by atoms with Crippen molar-refractivity contribution in [3.63, 3.8) is 0 Å². The summed E-state index contributed by atoms with van der Waals surface area (Å²) in [5, 5.41) is 1.91. The second-order valence-corrected chi connectivity index (χ2v) is 5.74. The van der Waals surface area contributed by atoms with Crippen molar-refractivity contribution in [2.24, 2.45) is 0 Å². The molecule has 0 fully saturated rings. The minimum Gasteiger partial charge on any atom is -0.294 e. The van der Waals surface area contributed by atoms with E-state index in [0.717, 1.165) is 35.0 Å². The summed E-state index contributed by atoms with van der Waals surface area (Å²) in [5.74, 6) is 0.260. The molecule has 0 N–H and O–H groups in total. The van der Waals surface area contributed by atoms with Crippen molar-refractivity contribution in [2.75, 3.05) is 0 Å². The lowest BCUT2D eigenvalue weighted by Gasteiger charge is -1.97. The summed E-state index contributed by atoms with van der Waals surface area (Å²) in [7, 11) is 0. The third-order valence-electron chi connectivity index (χ3n) is 2.20. The molecule has 0 aromatic carbocycles. The summed E-state index contributed by atoms with van der Waals surface area (Å²) in [4.78, 5) is 11.7. The van der Waals surface area contributed by atoms with E-state index in [1.165, 1.54) is 0 Å². The molecular formula is C12H15BrOS. The van der Waals surface area contributed by atoms with Gasteiger partial charge in [0.2, 0.25) is 0 Å². The van der Waals surface area contributed by atoms with E-state index in [1.54, 1.807) is 11.3 Å². The zero-order valence-corrected chi connectivity index (χ0v) is 11.1. The van der Waals surface area contributed by atoms with Gasteiger partial charge in [-0.05, 0) is 41.3 Å². The number of halogens is 1. The first-order valence-electron chi connectivity index (χ1n) is 5.12. The lowest BCUT2D eigenvalue weighted by atomic mass is 10.1. The van der Waals surface area contributed by atoms with Crippen LogP contribution in [-0.4, -0.2) is 5.78 Å². The molecule has 0 aliphatic heterocycles. The van der Waals surface area contributed by atoms with Crippen LogP contribution in [-0.2, 0) is 0 Å². The first-order valence-corrected chi connectivity index (χ1v) is 6.79. The smallest absolute Gasteiger partial charge is 0.163 e. The summed E-state index contributed by atoms with van der Waals surface area (Å²) >= 11 is 4.92. The number of rotatable bonds is 7. The van der Waals surface area contributed by atoms with E-state index in [9.17, 15) is 4.79 Å². The van der Waals surface area contributed by atoms with Gasteiger partial charge in [-0.1, -0.05) is 12.5 Å². The summed E-state index contributed by atoms with van der Waals surface area (Å²) in [5.41, 5.74) is 0.843. The third kappa shape index (κ3) is 4.76. The molecule has 1 aromatic rings. The second kappa shape index (κ2) is 6.96. The van der Waals surface area contributed by atoms with Crippen LogP contribution in [0.4, 0.5) is 0 Å². The van der Waals surface area contributed by atoms with E-state index in [0.29, 0.717) is 6.42 Å². The first kappa shape index (κ1) is 12.7. The van der Waals surface area contributed by atoms with Crippen molar-refractivity contribution >= 4 is 33.0 Å². The van der Waals surface area contributed by atoms with Crippen LogP contribution in [0.3, 0.4) is 0 Å². The van der Waals surface area contributed by atoms with Gasteiger partial charge in [-0.3, -0.25) is 4.79 Å². The second-order valence-electron chi connectivity index (χ2n) is 3.45. The highest BCUT2D eigenvalue weighted by Crippen LogP contribution is 2.22. The van der Waals surface area contributed by atoms with Crippen molar-refractivity contribution in [1.29, 1.82) is 0 Å². The lowest BCUT2D eigenvalue weighted by molar-refractivity contribution is 0.0979. The SMILES string of the molecule is C=CCCCCCC(=O)c1csc(Br)c1. The van der Waals surface area contributed by atoms with Crippen LogP contribution in [0, 0.1) is 0 Å². The molecule has 1 rings (SSSR count). The largest absolute Gasteiger partial charge is 0.294 e. The Morgan fingerprint density at radius 2 is 2.27 bits per heavy atom. The predicted octanol–water partition coefficient (Wildman–Crippen LogP) is 4.83. The molecule has 0 bridgehead atoms. The van der Waals surface area contributed by atoms with Crippen molar-refractivity contribution in [2.45, 2.75) is 32.1 Å². The van der Waals surface area contributed by atoms with Gasteiger partial charge < -0.3 is 0 Å². The minimum absolute atomic E-state index is 0.260. The van der Waals surface area contributed by atoms with E-state index in [2.05, 4.69) is 22.5 Å². The molecule has 3 heteroatoms. The molecule has 1 heterocycles. The van der Waals surface area contributed by atoms with Gasteiger partial charge in [-0.15, -0.1) is 17.9 Å². The number of thiophene rings is 1. The Balaban J connectivity index is 2.22. The molecule has 0 aliphatic rings. The van der Waals surface area contributed by atoms with Gasteiger partial charge in [0.1, 0.15) is 0 Å². The summed E-state index contributed by atoms with van der Waals surface area (Å²) in [6.07, 6.45) is 6.89. The van der Waals surface area contributed by atoms with E-state index < -0.39 is 0 Å². The minimum atomic E-state index is 0.260. The highest BCUT2D eigenvalue weighted by Gasteiger charge is 2.07. The third-order valence-corrected chi connectivity index (χ3v) is 3.71. The van der Waals surface area contributed by atoms with E-state index in [1.807, 2.05) is 17.5 Å². The Morgan fingerprint density at radius 3 is 2.87 bits per heavy atom. The fourth-order valence-corrected chi connectivity index (χ4v) is 2.51. The fourth-order valence-electron chi connectivity index (χ4n) is 1.35. The number of hydrogen-bond donors (Lipinski definition) is 0. The molecule has 0 atom stereocenters. The van der Waals surface area contributed by atoms with Crippen LogP contribution in [0.1, 0.15) is 42.5 Å². The molecule has 0 radical (unpaired) electrons. The molecule has 0 spiro atoms. The topological polar surface area (TPSA) is 17.1 Å². The number of carbonyl (C=O) groups is 1. The number of ketones is 1. The molecule has 0 aliphatic carbocycles. The van der Waals surface area contributed by atoms with Gasteiger partial charge in [0.15, 0.2) is 5.78 Å². The van der Waals surface area contributed by atoms with Gasteiger partial charge in [0.25, 0.3) is 0 Å². The molecule has 1 nitrogen and oxygen atoms in total. The molecular weight excluding hydrogens is 272 g/mol. The van der Waals surface area contributed by atoms with E-state index >= 15 is 0 Å². The van der Waals surface area contributed by atoms with Gasteiger partial charge in [-0.2, -0.15) is 0 Å². The number of allylic oxidation sites excluding steroid dienone is 1. The van der Waals surface area contributed by atoms with Crippen molar-refractivity contribution in [3.8, 4) is 0 Å². The summed E-state index contributed by atoms with van der Waals surface area (Å²) in [6, 6.07) is 1.90. The van der Waals surface area contributed by atoms with Crippen LogP contribution in [0.15, 0.2) is 27.9 Å². The maximum Gasteiger partial charge on any atom is 0.163 e. The predicted molar refractivity (Wildman–Crippen MR) is 69.6 cm³/mol. The molecule has 0 saturated carbocycles. The molecule has 0 unspecified atom stereocenters. The quantitative estimate of drug-likeness (QED) is 0.399. The van der Waals surface area contributed by atoms with Gasteiger partial charge in [0, 0.05) is 17.4 Å². The Bertz CT molecular complexity index is 330. The zero-order chi connectivity index (χ0) is 11.1. The number of unbranched alkanes of at least 4 members (excludes halogenated alkanes) is 3. The maximum atomic E-state index is 11.7. The van der Waals surface area contributed by atoms with Gasteiger partial charge in [0.05, 0.1) is 3.79 Å². The van der Waals surface area contributed by atoms with E-state index in [-0.39, 0.29) is 5.78 Å². The van der Waals surface area contributed by atoms with Crippen molar-refractivity contribution in [1.82, 2.24) is 0 Å². The molecule has 82 valence electrons. The van der Waals surface area contributed by atoms with Crippen LogP contribution in [0.2, 0.25) is 0 Å². The molecule has 1 aromatic heterocycles. The normalized spacial score (nSPS) is 10.2. The number of carbonyl (C=O) groups excluding carboxylic acids is 1. The van der Waals surface area contributed by atoms with Crippen LogP contribution in [0.5, 0.6) is 0 Å². The van der Waals surface area contributed by atoms with Crippen LogP contribution < -0.4 is 0 Å². The number of hydrogen-bond acceptors (Lipinski definition) is 2. The maximum absolute atomic E-state index is 11.7. The van der Waals surface area contributed by atoms with Gasteiger partial charge >= 0.3 is 0 Å². The average molecular weight is 287 g/mol. The fraction of sp³-hybridized carbons (Fsp3) is 0.417.